The summed E-state index contributed by atoms with van der Waals surface area (Å²) in [5, 5.41) is 15.2. The summed E-state index contributed by atoms with van der Waals surface area (Å²) in [5.41, 5.74) is 2.74. The summed E-state index contributed by atoms with van der Waals surface area (Å²) < 4.78 is 0. The van der Waals surface area contributed by atoms with Gasteiger partial charge in [-0.3, -0.25) is 10.1 Å². The number of benzene rings is 2. The molecule has 106 valence electrons. The number of nitriles is 1. The molecule has 0 saturated carbocycles. The van der Waals surface area contributed by atoms with Crippen molar-refractivity contribution in [2.45, 2.75) is 19.5 Å². The molecule has 0 bridgehead atoms. The summed E-state index contributed by atoms with van der Waals surface area (Å²) >= 11 is 0. The average molecular weight is 279 g/mol. The maximum Gasteiger partial charge on any atom is 0.221 e. The molecule has 0 heterocycles. The number of carbonyl (C=O) groups excluding carboxylic acids is 1. The lowest BCUT2D eigenvalue weighted by Crippen LogP contribution is -2.19. The van der Waals surface area contributed by atoms with E-state index in [0.717, 1.165) is 16.8 Å². The molecule has 2 rings (SSSR count). The van der Waals surface area contributed by atoms with Gasteiger partial charge in [-0.1, -0.05) is 42.5 Å². The second kappa shape index (κ2) is 7.22. The third kappa shape index (κ3) is 4.44. The molecule has 4 nitrogen and oxygen atoms in total. The second-order valence-electron chi connectivity index (χ2n) is 4.73. The van der Waals surface area contributed by atoms with Crippen molar-refractivity contribution in [3.63, 3.8) is 0 Å². The van der Waals surface area contributed by atoms with Crippen molar-refractivity contribution in [2.24, 2.45) is 0 Å². The minimum absolute atomic E-state index is 0.109. The van der Waals surface area contributed by atoms with E-state index in [9.17, 15) is 10.1 Å². The lowest BCUT2D eigenvalue weighted by atomic mass is 10.1. The zero-order valence-corrected chi connectivity index (χ0v) is 11.8. The van der Waals surface area contributed by atoms with Crippen LogP contribution in [0.2, 0.25) is 0 Å². The first-order chi connectivity index (χ1) is 10.2. The zero-order valence-electron chi connectivity index (χ0n) is 11.8. The van der Waals surface area contributed by atoms with Crippen molar-refractivity contribution in [1.29, 1.82) is 5.26 Å². The first-order valence-corrected chi connectivity index (χ1v) is 6.73. The van der Waals surface area contributed by atoms with Crippen LogP contribution in [-0.4, -0.2) is 5.91 Å². The molecule has 2 aromatic rings. The molecule has 0 aliphatic rings. The quantitative estimate of drug-likeness (QED) is 0.884. The Kier molecular flexibility index (Phi) is 5.08. The summed E-state index contributed by atoms with van der Waals surface area (Å²) in [6.45, 7) is 2.10. The van der Waals surface area contributed by atoms with Crippen molar-refractivity contribution >= 4 is 11.6 Å². The van der Waals surface area contributed by atoms with Crippen molar-refractivity contribution < 1.29 is 4.79 Å². The molecule has 2 aromatic carbocycles. The lowest BCUT2D eigenvalue weighted by Gasteiger charge is -2.12. The van der Waals surface area contributed by atoms with Crippen LogP contribution in [0.1, 0.15) is 24.1 Å². The van der Waals surface area contributed by atoms with E-state index < -0.39 is 0 Å². The largest absolute Gasteiger partial charge is 0.326 e. The number of nitrogens with zero attached hydrogens (tertiary/aromatic N) is 1. The molecule has 4 heteroatoms. The predicted molar refractivity (Wildman–Crippen MR) is 82.4 cm³/mol. The summed E-state index contributed by atoms with van der Waals surface area (Å²) in [5.74, 6) is -0.109. The molecule has 1 unspecified atom stereocenters. The highest BCUT2D eigenvalue weighted by atomic mass is 16.1. The normalized spacial score (nSPS) is 11.4. The average Bonchev–Trinajstić information content (AvgIpc) is 2.50. The van der Waals surface area contributed by atoms with Crippen LogP contribution >= 0.6 is 0 Å². The van der Waals surface area contributed by atoms with Crippen LogP contribution in [0, 0.1) is 11.3 Å². The van der Waals surface area contributed by atoms with Gasteiger partial charge in [0.25, 0.3) is 0 Å². The Balaban J connectivity index is 2.01. The van der Waals surface area contributed by atoms with E-state index in [2.05, 4.69) is 16.7 Å². The van der Waals surface area contributed by atoms with Gasteiger partial charge in [0.2, 0.25) is 5.91 Å². The van der Waals surface area contributed by atoms with E-state index >= 15 is 0 Å². The van der Waals surface area contributed by atoms with Gasteiger partial charge in [0, 0.05) is 19.2 Å². The van der Waals surface area contributed by atoms with Crippen molar-refractivity contribution in [3.05, 3.63) is 65.7 Å². The monoisotopic (exact) mass is 279 g/mol. The maximum absolute atomic E-state index is 11.0. The topological polar surface area (TPSA) is 64.9 Å². The van der Waals surface area contributed by atoms with E-state index in [1.807, 2.05) is 42.5 Å². The molecule has 1 atom stereocenters. The first kappa shape index (κ1) is 14.8. The van der Waals surface area contributed by atoms with Crippen molar-refractivity contribution in [3.8, 4) is 6.07 Å². The fraction of sp³-hybridized carbons (Fsp3) is 0.176. The van der Waals surface area contributed by atoms with Gasteiger partial charge >= 0.3 is 0 Å². The third-order valence-electron chi connectivity index (χ3n) is 3.05. The van der Waals surface area contributed by atoms with E-state index in [1.54, 1.807) is 12.1 Å². The molecule has 0 saturated heterocycles. The molecule has 0 radical (unpaired) electrons. The highest BCUT2D eigenvalue weighted by Crippen LogP contribution is 2.16. The summed E-state index contributed by atoms with van der Waals surface area (Å²) in [6, 6.07) is 19.1. The highest BCUT2D eigenvalue weighted by Gasteiger charge is 2.09. The van der Waals surface area contributed by atoms with Crippen LogP contribution in [0.3, 0.4) is 0 Å². The number of amides is 1. The van der Waals surface area contributed by atoms with Crippen LogP contribution in [0.15, 0.2) is 54.6 Å². The molecule has 0 spiro atoms. The number of rotatable bonds is 5. The van der Waals surface area contributed by atoms with Gasteiger partial charge in [-0.15, -0.1) is 0 Å². The first-order valence-electron chi connectivity index (χ1n) is 6.73. The Labute approximate surface area is 124 Å². The molecule has 0 aromatic heterocycles. The summed E-state index contributed by atoms with van der Waals surface area (Å²) in [7, 11) is 0. The van der Waals surface area contributed by atoms with Gasteiger partial charge in [-0.25, -0.2) is 0 Å². The van der Waals surface area contributed by atoms with E-state index in [-0.39, 0.29) is 11.9 Å². The smallest absolute Gasteiger partial charge is 0.221 e. The van der Waals surface area contributed by atoms with E-state index in [0.29, 0.717) is 6.54 Å². The van der Waals surface area contributed by atoms with Crippen LogP contribution in [0.25, 0.3) is 0 Å². The molecule has 1 amide bonds. The zero-order chi connectivity index (χ0) is 15.1. The van der Waals surface area contributed by atoms with Crippen LogP contribution < -0.4 is 10.6 Å². The molecule has 2 N–H and O–H groups in total. The highest BCUT2D eigenvalue weighted by molar-refractivity contribution is 5.88. The molecule has 0 fully saturated rings. The maximum atomic E-state index is 11.0. The molecular weight excluding hydrogens is 262 g/mol. The minimum atomic E-state index is -0.378. The van der Waals surface area contributed by atoms with Crippen LogP contribution in [0.5, 0.6) is 0 Å². The third-order valence-corrected chi connectivity index (χ3v) is 3.05. The summed E-state index contributed by atoms with van der Waals surface area (Å²) in [6.07, 6.45) is 0. The predicted octanol–water partition coefficient (Wildman–Crippen LogP) is 3.00. The van der Waals surface area contributed by atoms with Gasteiger partial charge < -0.3 is 5.32 Å². The molecular formula is C17H17N3O. The Morgan fingerprint density at radius 2 is 1.81 bits per heavy atom. The van der Waals surface area contributed by atoms with Crippen LogP contribution in [0.4, 0.5) is 5.69 Å². The Morgan fingerprint density at radius 3 is 2.38 bits per heavy atom. The van der Waals surface area contributed by atoms with E-state index in [1.165, 1.54) is 6.92 Å². The number of carbonyl (C=O) groups is 1. The fourth-order valence-corrected chi connectivity index (χ4v) is 2.02. The molecule has 0 aliphatic heterocycles. The molecule has 0 aliphatic carbocycles. The number of hydrogen-bond donors (Lipinski definition) is 2. The van der Waals surface area contributed by atoms with Crippen molar-refractivity contribution in [1.82, 2.24) is 5.32 Å². The standard InChI is InChI=1S/C17H17N3O/c1-13(21)20-16-9-7-15(8-10-16)17(11-18)19-12-14-5-3-2-4-6-14/h2-10,17,19H,12H2,1H3,(H,20,21). The summed E-state index contributed by atoms with van der Waals surface area (Å²) in [4.78, 5) is 11.0. The van der Waals surface area contributed by atoms with Gasteiger partial charge in [0.15, 0.2) is 0 Å². The van der Waals surface area contributed by atoms with Gasteiger partial charge in [-0.2, -0.15) is 5.26 Å². The van der Waals surface area contributed by atoms with Gasteiger partial charge in [-0.05, 0) is 23.3 Å². The van der Waals surface area contributed by atoms with Crippen molar-refractivity contribution in [2.75, 3.05) is 5.32 Å². The Morgan fingerprint density at radius 1 is 1.14 bits per heavy atom. The second-order valence-corrected chi connectivity index (χ2v) is 4.73. The lowest BCUT2D eigenvalue weighted by molar-refractivity contribution is -0.114. The van der Waals surface area contributed by atoms with E-state index in [4.69, 9.17) is 0 Å². The Bertz CT molecular complexity index is 629. The number of hydrogen-bond acceptors (Lipinski definition) is 3. The number of nitrogens with one attached hydrogen (secondary N) is 2. The SMILES string of the molecule is CC(=O)Nc1ccc(C(C#N)NCc2ccccc2)cc1. The minimum Gasteiger partial charge on any atom is -0.326 e. The van der Waals surface area contributed by atoms with Gasteiger partial charge in [0.05, 0.1) is 6.07 Å². The fourth-order valence-electron chi connectivity index (χ4n) is 2.02. The number of anilines is 1. The Hall–Kier alpha value is -2.64. The van der Waals surface area contributed by atoms with Gasteiger partial charge in [0.1, 0.15) is 6.04 Å². The molecule has 21 heavy (non-hydrogen) atoms. The van der Waals surface area contributed by atoms with Crippen LogP contribution in [-0.2, 0) is 11.3 Å².